The Morgan fingerprint density at radius 2 is 1.63 bits per heavy atom. The van der Waals surface area contributed by atoms with E-state index in [-0.39, 0.29) is 29.2 Å². The van der Waals surface area contributed by atoms with Crippen LogP contribution < -0.4 is 0 Å². The van der Waals surface area contributed by atoms with Crippen LogP contribution in [-0.4, -0.2) is 36.2 Å². The average Bonchev–Trinajstić information content (AvgIpc) is 3.48. The van der Waals surface area contributed by atoms with E-state index < -0.39 is 29.5 Å². The molecule has 13 heteroatoms. The molecule has 4 rings (SSSR count). The van der Waals surface area contributed by atoms with Crippen molar-refractivity contribution < 1.29 is 26.3 Å². The first-order valence-corrected chi connectivity index (χ1v) is 11.3. The van der Waals surface area contributed by atoms with Crippen molar-refractivity contribution in [2.45, 2.75) is 38.2 Å². The van der Waals surface area contributed by atoms with Crippen LogP contribution in [0.5, 0.6) is 0 Å². The maximum absolute atomic E-state index is 13.4. The number of aromatic nitrogens is 5. The van der Waals surface area contributed by atoms with Gasteiger partial charge in [0, 0.05) is 24.6 Å². The zero-order valence-corrected chi connectivity index (χ0v) is 19.9. The van der Waals surface area contributed by atoms with E-state index in [1.54, 1.807) is 11.8 Å². The van der Waals surface area contributed by atoms with Crippen LogP contribution in [0.25, 0.3) is 11.6 Å². The fraction of sp³-hybridized carbons (Fsp3) is 0.364. The molecule has 0 radical (unpaired) electrons. The molecule has 6 nitrogen and oxygen atoms in total. The molecule has 0 saturated heterocycles. The molecule has 0 aliphatic heterocycles. The molecule has 0 N–H and O–H groups in total. The minimum Gasteiger partial charge on any atom is -0.361 e. The van der Waals surface area contributed by atoms with Crippen LogP contribution >= 0.6 is 15.9 Å². The lowest BCUT2D eigenvalue weighted by molar-refractivity contribution is -0.143. The second kappa shape index (κ2) is 9.25. The van der Waals surface area contributed by atoms with E-state index in [2.05, 4.69) is 42.6 Å². The molecule has 2 aromatic heterocycles. The summed E-state index contributed by atoms with van der Waals surface area (Å²) in [5, 5.41) is 4.15. The van der Waals surface area contributed by atoms with Gasteiger partial charge >= 0.3 is 12.4 Å². The summed E-state index contributed by atoms with van der Waals surface area (Å²) in [6.07, 6.45) is -3.81. The summed E-state index contributed by atoms with van der Waals surface area (Å²) in [4.78, 5) is 14.3. The van der Waals surface area contributed by atoms with Crippen LogP contribution in [0.3, 0.4) is 0 Å². The van der Waals surface area contributed by atoms with E-state index in [1.807, 2.05) is 0 Å². The van der Waals surface area contributed by atoms with Gasteiger partial charge in [-0.05, 0) is 65.4 Å². The molecule has 0 bridgehead atoms. The van der Waals surface area contributed by atoms with E-state index in [0.717, 1.165) is 12.8 Å². The molecule has 1 aliphatic rings. The van der Waals surface area contributed by atoms with E-state index in [9.17, 15) is 26.3 Å². The van der Waals surface area contributed by atoms with Gasteiger partial charge in [-0.3, -0.25) is 0 Å². The first-order chi connectivity index (χ1) is 16.3. The van der Waals surface area contributed by atoms with Gasteiger partial charge in [-0.2, -0.15) is 36.1 Å². The molecule has 1 aromatic carbocycles. The Morgan fingerprint density at radius 1 is 1.06 bits per heavy atom. The lowest BCUT2D eigenvalue weighted by atomic mass is 10.0. The Hall–Kier alpha value is -2.96. The Kier molecular flexibility index (Phi) is 6.64. The van der Waals surface area contributed by atoms with Gasteiger partial charge in [0.05, 0.1) is 21.6 Å². The number of halogens is 7. The number of rotatable bonds is 7. The molecule has 186 valence electrons. The molecule has 35 heavy (non-hydrogen) atoms. The van der Waals surface area contributed by atoms with Crippen molar-refractivity contribution in [1.29, 1.82) is 0 Å². The van der Waals surface area contributed by atoms with Gasteiger partial charge in [0.1, 0.15) is 6.33 Å². The van der Waals surface area contributed by atoms with Crippen LogP contribution in [-0.2, 0) is 12.4 Å². The topological polar surface area (TPSA) is 59.7 Å². The van der Waals surface area contributed by atoms with Gasteiger partial charge in [0.25, 0.3) is 5.95 Å². The maximum Gasteiger partial charge on any atom is 0.416 e. The first kappa shape index (κ1) is 25.1. The van der Waals surface area contributed by atoms with Crippen molar-refractivity contribution >= 4 is 21.6 Å². The fourth-order valence-corrected chi connectivity index (χ4v) is 3.82. The summed E-state index contributed by atoms with van der Waals surface area (Å²) in [5.74, 6) is 0.808. The molecule has 0 spiro atoms. The van der Waals surface area contributed by atoms with E-state index in [1.165, 1.54) is 23.4 Å². The van der Waals surface area contributed by atoms with E-state index in [0.29, 0.717) is 29.0 Å². The Labute approximate surface area is 204 Å². The highest BCUT2D eigenvalue weighted by atomic mass is 79.9. The molecular formula is C22H19BrF6N6. The van der Waals surface area contributed by atoms with Crippen LogP contribution in [0.4, 0.5) is 26.3 Å². The van der Waals surface area contributed by atoms with Crippen molar-refractivity contribution in [3.63, 3.8) is 0 Å². The largest absolute Gasteiger partial charge is 0.416 e. The third kappa shape index (κ3) is 5.65. The van der Waals surface area contributed by atoms with Crippen LogP contribution in [0.2, 0.25) is 0 Å². The first-order valence-electron chi connectivity index (χ1n) is 10.5. The highest BCUT2D eigenvalue weighted by Gasteiger charge is 2.38. The van der Waals surface area contributed by atoms with Gasteiger partial charge in [0.2, 0.25) is 0 Å². The molecule has 1 unspecified atom stereocenters. The molecule has 1 aliphatic carbocycles. The van der Waals surface area contributed by atoms with Crippen molar-refractivity contribution in [3.8, 4) is 5.95 Å². The van der Waals surface area contributed by atoms with Crippen molar-refractivity contribution in [3.05, 3.63) is 70.5 Å². The Balaban J connectivity index is 1.74. The highest BCUT2D eigenvalue weighted by Crippen LogP contribution is 2.40. The molecule has 2 heterocycles. The van der Waals surface area contributed by atoms with Gasteiger partial charge in [-0.15, -0.1) is 0 Å². The normalized spacial score (nSPS) is 15.2. The highest BCUT2D eigenvalue weighted by molar-refractivity contribution is 9.10. The molecule has 1 atom stereocenters. The second-order valence-electron chi connectivity index (χ2n) is 8.24. The molecule has 1 saturated carbocycles. The fourth-order valence-electron chi connectivity index (χ4n) is 3.61. The van der Waals surface area contributed by atoms with Gasteiger partial charge in [-0.1, -0.05) is 6.58 Å². The number of benzene rings is 1. The number of alkyl halides is 6. The summed E-state index contributed by atoms with van der Waals surface area (Å²) in [5.41, 5.74) is -3.04. The summed E-state index contributed by atoms with van der Waals surface area (Å²) in [7, 11) is 0. The number of nitrogens with zero attached hydrogens (tertiary/aromatic N) is 6. The van der Waals surface area contributed by atoms with Crippen molar-refractivity contribution in [2.75, 3.05) is 6.54 Å². The smallest absolute Gasteiger partial charge is 0.361 e. The van der Waals surface area contributed by atoms with E-state index in [4.69, 9.17) is 0 Å². The predicted octanol–water partition coefficient (Wildman–Crippen LogP) is 6.30. The Morgan fingerprint density at radius 3 is 2.14 bits per heavy atom. The molecular weight excluding hydrogens is 542 g/mol. The summed E-state index contributed by atoms with van der Waals surface area (Å²) >= 11 is 3.25. The second-order valence-corrected chi connectivity index (χ2v) is 9.16. The standard InChI is InChI=1S/C22H19BrF6N6/c1-12(15-5-16(21(24,25)26)7-17(6-15)22(27,28)29)34(10-14-3-4-14)13(2)19-32-11-33-35(19)20-30-8-18(23)9-31-20/h5-9,11,13-14H,1,3-4,10H2,2H3. The summed E-state index contributed by atoms with van der Waals surface area (Å²) < 4.78 is 82.5. The van der Waals surface area contributed by atoms with Gasteiger partial charge < -0.3 is 4.90 Å². The zero-order chi connectivity index (χ0) is 25.5. The third-order valence-corrected chi connectivity index (χ3v) is 6.04. The Bertz CT molecular complexity index is 1180. The van der Waals surface area contributed by atoms with Crippen LogP contribution in [0, 0.1) is 5.92 Å². The lowest BCUT2D eigenvalue weighted by Crippen LogP contribution is -2.30. The average molecular weight is 561 g/mol. The number of hydrogen-bond donors (Lipinski definition) is 0. The van der Waals surface area contributed by atoms with Crippen LogP contribution in [0.15, 0.2) is 48.0 Å². The van der Waals surface area contributed by atoms with Crippen molar-refractivity contribution in [1.82, 2.24) is 29.6 Å². The molecule has 1 fully saturated rings. The number of hydrogen-bond acceptors (Lipinski definition) is 5. The predicted molar refractivity (Wildman–Crippen MR) is 118 cm³/mol. The van der Waals surface area contributed by atoms with Gasteiger partial charge in [-0.25, -0.2) is 15.0 Å². The van der Waals surface area contributed by atoms with Gasteiger partial charge in [0.15, 0.2) is 5.82 Å². The zero-order valence-electron chi connectivity index (χ0n) is 18.3. The maximum atomic E-state index is 13.4. The molecule has 3 aromatic rings. The monoisotopic (exact) mass is 560 g/mol. The SMILES string of the molecule is C=C(c1cc(C(F)(F)F)cc(C(F)(F)F)c1)N(CC1CC1)C(C)c1ncnn1-c1ncc(Br)cn1. The minimum atomic E-state index is -4.96. The third-order valence-electron chi connectivity index (χ3n) is 5.63. The van der Waals surface area contributed by atoms with E-state index >= 15 is 0 Å². The summed E-state index contributed by atoms with van der Waals surface area (Å²) in [6.45, 7) is 6.00. The summed E-state index contributed by atoms with van der Waals surface area (Å²) in [6, 6.07) is 0.869. The van der Waals surface area contributed by atoms with Crippen molar-refractivity contribution in [2.24, 2.45) is 5.92 Å². The lowest BCUT2D eigenvalue weighted by Gasteiger charge is -2.33. The quantitative estimate of drug-likeness (QED) is 0.317. The van der Waals surface area contributed by atoms with Crippen LogP contribution in [0.1, 0.15) is 48.3 Å². The molecule has 0 amide bonds. The minimum absolute atomic E-state index is 0.0206.